The average molecular weight is 412 g/mol. The molecule has 0 unspecified atom stereocenters. The highest BCUT2D eigenvalue weighted by Crippen LogP contribution is 2.22. The first kappa shape index (κ1) is 21.0. The van der Waals surface area contributed by atoms with Crippen LogP contribution in [0.4, 0.5) is 5.69 Å². The van der Waals surface area contributed by atoms with Gasteiger partial charge in [0.25, 0.3) is 0 Å². The largest absolute Gasteiger partial charge is 0.497 e. The number of nitrogens with zero attached hydrogens (tertiary/aromatic N) is 2. The number of aliphatic hydroxyl groups is 1. The number of hydrogen-bond acceptors (Lipinski definition) is 5. The van der Waals surface area contributed by atoms with Crippen molar-refractivity contribution in [3.63, 3.8) is 0 Å². The number of aryl methyl sites for hydroxylation is 2. The molecule has 0 saturated carbocycles. The lowest BCUT2D eigenvalue weighted by Crippen LogP contribution is -2.15. The van der Waals surface area contributed by atoms with E-state index in [-0.39, 0.29) is 18.3 Å². The molecule has 3 aromatic rings. The fourth-order valence-corrected chi connectivity index (χ4v) is 3.78. The second-order valence-electron chi connectivity index (χ2n) is 6.78. The zero-order valence-electron chi connectivity index (χ0n) is 16.8. The van der Waals surface area contributed by atoms with Gasteiger partial charge in [-0.15, -0.1) is 0 Å². The molecule has 1 aromatic heterocycles. The van der Waals surface area contributed by atoms with Crippen molar-refractivity contribution in [2.24, 2.45) is 0 Å². The molecule has 2 aromatic carbocycles. The molecule has 6 nitrogen and oxygen atoms in total. The zero-order valence-corrected chi connectivity index (χ0v) is 17.6. The van der Waals surface area contributed by atoms with E-state index in [9.17, 15) is 9.90 Å². The standard InChI is InChI=1S/C22H25N3O3S/c1-15-4-9-20(16(2)10-15)24-21(27)14-29-22-23-11-18(13-26)25(22)12-17-5-7-19(28-3)8-6-17/h4-11,26H,12-14H2,1-3H3,(H,24,27). The molecule has 29 heavy (non-hydrogen) atoms. The summed E-state index contributed by atoms with van der Waals surface area (Å²) in [6.07, 6.45) is 1.65. The van der Waals surface area contributed by atoms with Crippen LogP contribution in [0.1, 0.15) is 22.4 Å². The van der Waals surface area contributed by atoms with Crippen molar-refractivity contribution in [1.29, 1.82) is 0 Å². The van der Waals surface area contributed by atoms with Crippen LogP contribution in [0.25, 0.3) is 0 Å². The van der Waals surface area contributed by atoms with Crippen molar-refractivity contribution in [3.05, 3.63) is 71.0 Å². The number of nitrogens with one attached hydrogen (secondary N) is 1. The highest BCUT2D eigenvalue weighted by Gasteiger charge is 2.13. The van der Waals surface area contributed by atoms with Crippen LogP contribution in [0.2, 0.25) is 0 Å². The fourth-order valence-electron chi connectivity index (χ4n) is 2.99. The summed E-state index contributed by atoms with van der Waals surface area (Å²) in [5.41, 5.74) is 4.77. The minimum absolute atomic E-state index is 0.0912. The van der Waals surface area contributed by atoms with Crippen LogP contribution < -0.4 is 10.1 Å². The van der Waals surface area contributed by atoms with Crippen LogP contribution in [0.15, 0.2) is 53.8 Å². The van der Waals surface area contributed by atoms with Gasteiger partial charge in [0, 0.05) is 12.2 Å². The minimum Gasteiger partial charge on any atom is -0.497 e. The van der Waals surface area contributed by atoms with Gasteiger partial charge in [-0.05, 0) is 43.2 Å². The number of thioether (sulfide) groups is 1. The predicted molar refractivity (Wildman–Crippen MR) is 116 cm³/mol. The molecule has 1 amide bonds. The topological polar surface area (TPSA) is 76.4 Å². The molecule has 0 saturated heterocycles. The predicted octanol–water partition coefficient (Wildman–Crippen LogP) is 3.78. The van der Waals surface area contributed by atoms with Gasteiger partial charge in [-0.3, -0.25) is 4.79 Å². The lowest BCUT2D eigenvalue weighted by molar-refractivity contribution is -0.113. The van der Waals surface area contributed by atoms with Gasteiger partial charge in [-0.2, -0.15) is 0 Å². The first-order chi connectivity index (χ1) is 14.0. The summed E-state index contributed by atoms with van der Waals surface area (Å²) in [7, 11) is 1.63. The molecule has 2 N–H and O–H groups in total. The first-order valence-electron chi connectivity index (χ1n) is 9.28. The van der Waals surface area contributed by atoms with Crippen molar-refractivity contribution >= 4 is 23.4 Å². The Morgan fingerprint density at radius 3 is 2.62 bits per heavy atom. The number of rotatable bonds is 8. The van der Waals surface area contributed by atoms with Crippen LogP contribution in [0.5, 0.6) is 5.75 Å². The van der Waals surface area contributed by atoms with Crippen LogP contribution in [0, 0.1) is 13.8 Å². The number of benzene rings is 2. The molecule has 152 valence electrons. The van der Waals surface area contributed by atoms with E-state index in [1.54, 1.807) is 13.3 Å². The summed E-state index contributed by atoms with van der Waals surface area (Å²) < 4.78 is 7.12. The maximum atomic E-state index is 12.4. The van der Waals surface area contributed by atoms with Crippen LogP contribution in [0.3, 0.4) is 0 Å². The molecule has 0 fully saturated rings. The lowest BCUT2D eigenvalue weighted by atomic mass is 10.1. The zero-order chi connectivity index (χ0) is 20.8. The van der Waals surface area contributed by atoms with E-state index >= 15 is 0 Å². The van der Waals surface area contributed by atoms with Crippen LogP contribution in [-0.2, 0) is 17.9 Å². The van der Waals surface area contributed by atoms with E-state index in [4.69, 9.17) is 4.74 Å². The molecule has 0 aliphatic heterocycles. The van der Waals surface area contributed by atoms with Gasteiger partial charge >= 0.3 is 0 Å². The Hall–Kier alpha value is -2.77. The monoisotopic (exact) mass is 411 g/mol. The van der Waals surface area contributed by atoms with Gasteiger partial charge in [0.2, 0.25) is 5.91 Å². The number of carbonyl (C=O) groups is 1. The Kier molecular flexibility index (Phi) is 6.95. The second-order valence-corrected chi connectivity index (χ2v) is 7.72. The van der Waals surface area contributed by atoms with Gasteiger partial charge < -0.3 is 19.7 Å². The van der Waals surface area contributed by atoms with E-state index in [0.717, 1.165) is 28.1 Å². The van der Waals surface area contributed by atoms with Gasteiger partial charge in [0.15, 0.2) is 5.16 Å². The third-order valence-electron chi connectivity index (χ3n) is 4.55. The fraction of sp³-hybridized carbons (Fsp3) is 0.273. The number of aromatic nitrogens is 2. The maximum absolute atomic E-state index is 12.4. The highest BCUT2D eigenvalue weighted by atomic mass is 32.2. The van der Waals surface area contributed by atoms with Crippen LogP contribution >= 0.6 is 11.8 Å². The number of amides is 1. The second kappa shape index (κ2) is 9.62. The molecule has 1 heterocycles. The highest BCUT2D eigenvalue weighted by molar-refractivity contribution is 7.99. The normalized spacial score (nSPS) is 10.8. The molecule has 0 radical (unpaired) electrons. The summed E-state index contributed by atoms with van der Waals surface area (Å²) in [6.45, 7) is 4.44. The first-order valence-corrected chi connectivity index (χ1v) is 10.3. The Labute approximate surface area is 174 Å². The number of carbonyl (C=O) groups excluding carboxylic acids is 1. The average Bonchev–Trinajstić information content (AvgIpc) is 3.10. The van der Waals surface area contributed by atoms with Crippen molar-refractivity contribution in [3.8, 4) is 5.75 Å². The number of ether oxygens (including phenoxy) is 1. The van der Waals surface area contributed by atoms with Crippen LogP contribution in [-0.4, -0.2) is 33.4 Å². The van der Waals surface area contributed by atoms with Crippen molar-refractivity contribution in [2.75, 3.05) is 18.2 Å². The lowest BCUT2D eigenvalue weighted by Gasteiger charge is -2.12. The van der Waals surface area contributed by atoms with Crippen molar-refractivity contribution in [1.82, 2.24) is 9.55 Å². The van der Waals surface area contributed by atoms with Crippen molar-refractivity contribution < 1.29 is 14.6 Å². The number of imidazole rings is 1. The smallest absolute Gasteiger partial charge is 0.234 e. The molecule has 0 aliphatic rings. The van der Waals surface area contributed by atoms with E-state index in [1.807, 2.05) is 60.9 Å². The summed E-state index contributed by atoms with van der Waals surface area (Å²) in [4.78, 5) is 16.8. The SMILES string of the molecule is COc1ccc(Cn2c(CO)cnc2SCC(=O)Nc2ccc(C)cc2C)cc1. The number of aliphatic hydroxyl groups excluding tert-OH is 1. The molecular weight excluding hydrogens is 386 g/mol. The summed E-state index contributed by atoms with van der Waals surface area (Å²) in [6, 6.07) is 13.7. The molecule has 0 atom stereocenters. The Bertz CT molecular complexity index is 983. The number of anilines is 1. The van der Waals surface area contributed by atoms with Crippen molar-refractivity contribution in [2.45, 2.75) is 32.2 Å². The van der Waals surface area contributed by atoms with E-state index in [0.29, 0.717) is 17.4 Å². The van der Waals surface area contributed by atoms with Gasteiger partial charge in [-0.25, -0.2) is 4.98 Å². The molecule has 3 rings (SSSR count). The molecule has 0 bridgehead atoms. The summed E-state index contributed by atoms with van der Waals surface area (Å²) in [5.74, 6) is 0.934. The quantitative estimate of drug-likeness (QED) is 0.552. The molecular formula is C22H25N3O3S. The third-order valence-corrected chi connectivity index (χ3v) is 5.54. The van der Waals surface area contributed by atoms with E-state index < -0.39 is 0 Å². The van der Waals surface area contributed by atoms with E-state index in [1.165, 1.54) is 11.8 Å². The summed E-state index contributed by atoms with van der Waals surface area (Å²) in [5, 5.41) is 13.3. The Balaban J connectivity index is 1.67. The number of methoxy groups -OCH3 is 1. The molecule has 0 spiro atoms. The Morgan fingerprint density at radius 2 is 1.97 bits per heavy atom. The van der Waals surface area contributed by atoms with E-state index in [2.05, 4.69) is 10.3 Å². The number of hydrogen-bond donors (Lipinski definition) is 2. The maximum Gasteiger partial charge on any atom is 0.234 e. The summed E-state index contributed by atoms with van der Waals surface area (Å²) >= 11 is 1.35. The van der Waals surface area contributed by atoms with Gasteiger partial charge in [-0.1, -0.05) is 41.6 Å². The minimum atomic E-state index is -0.113. The van der Waals surface area contributed by atoms with Gasteiger partial charge in [0.05, 0.1) is 31.4 Å². The Morgan fingerprint density at radius 1 is 1.21 bits per heavy atom. The molecule has 7 heteroatoms. The third kappa shape index (κ3) is 5.40. The molecule has 0 aliphatic carbocycles. The van der Waals surface area contributed by atoms with Gasteiger partial charge in [0.1, 0.15) is 5.75 Å².